The van der Waals surface area contributed by atoms with Gasteiger partial charge in [-0.05, 0) is 30.4 Å². The second-order valence-electron chi connectivity index (χ2n) is 3.15. The first kappa shape index (κ1) is 8.32. The summed E-state index contributed by atoms with van der Waals surface area (Å²) in [6, 6.07) is 8.64. The standard InChI is InChI=1S/C11H15/c1-4-10-6-5-7-11(8-10)9(2)3/h5-9H,1,4H2,2-3H3. The van der Waals surface area contributed by atoms with Crippen LogP contribution in [-0.4, -0.2) is 0 Å². The van der Waals surface area contributed by atoms with E-state index < -0.39 is 0 Å². The molecule has 0 N–H and O–H groups in total. The topological polar surface area (TPSA) is 0 Å². The van der Waals surface area contributed by atoms with Crippen LogP contribution < -0.4 is 0 Å². The molecule has 1 aromatic carbocycles. The molecule has 0 atom stereocenters. The van der Waals surface area contributed by atoms with Crippen molar-refractivity contribution in [2.75, 3.05) is 0 Å². The molecule has 0 nitrogen and oxygen atoms in total. The van der Waals surface area contributed by atoms with Gasteiger partial charge in [0, 0.05) is 0 Å². The minimum Gasteiger partial charge on any atom is -0.0617 e. The summed E-state index contributed by atoms with van der Waals surface area (Å²) in [5.41, 5.74) is 2.74. The molecule has 1 rings (SSSR count). The molecule has 1 aromatic rings. The Kier molecular flexibility index (Phi) is 2.70. The molecule has 0 fully saturated rings. The summed E-state index contributed by atoms with van der Waals surface area (Å²) in [7, 11) is 0. The van der Waals surface area contributed by atoms with Gasteiger partial charge < -0.3 is 0 Å². The van der Waals surface area contributed by atoms with Crippen LogP contribution in [0.5, 0.6) is 0 Å². The van der Waals surface area contributed by atoms with E-state index in [1.807, 2.05) is 0 Å². The van der Waals surface area contributed by atoms with E-state index in [2.05, 4.69) is 45.0 Å². The monoisotopic (exact) mass is 147 g/mol. The summed E-state index contributed by atoms with van der Waals surface area (Å²) in [4.78, 5) is 0. The molecule has 0 heteroatoms. The Labute approximate surface area is 69.3 Å². The normalized spacial score (nSPS) is 10.5. The third-order valence-corrected chi connectivity index (χ3v) is 1.91. The van der Waals surface area contributed by atoms with Crippen LogP contribution >= 0.6 is 0 Å². The lowest BCUT2D eigenvalue weighted by Crippen LogP contribution is -1.88. The fourth-order valence-corrected chi connectivity index (χ4v) is 1.11. The van der Waals surface area contributed by atoms with Crippen molar-refractivity contribution in [1.29, 1.82) is 0 Å². The summed E-state index contributed by atoms with van der Waals surface area (Å²) in [6.45, 7) is 8.28. The summed E-state index contributed by atoms with van der Waals surface area (Å²) in [5, 5.41) is 0. The molecule has 59 valence electrons. The molecule has 0 aliphatic carbocycles. The quantitative estimate of drug-likeness (QED) is 0.602. The highest BCUT2D eigenvalue weighted by molar-refractivity contribution is 5.25. The molecule has 1 radical (unpaired) electrons. The number of hydrogen-bond acceptors (Lipinski definition) is 0. The predicted molar refractivity (Wildman–Crippen MR) is 49.6 cm³/mol. The SMILES string of the molecule is [CH2]Cc1cccc(C(C)C)c1. The van der Waals surface area contributed by atoms with Crippen LogP contribution in [0.15, 0.2) is 24.3 Å². The summed E-state index contributed by atoms with van der Waals surface area (Å²) in [5.74, 6) is 0.626. The molecular weight excluding hydrogens is 132 g/mol. The van der Waals surface area contributed by atoms with Crippen LogP contribution in [0.4, 0.5) is 0 Å². The van der Waals surface area contributed by atoms with Crippen molar-refractivity contribution in [3.05, 3.63) is 42.3 Å². The minimum absolute atomic E-state index is 0.626. The Morgan fingerprint density at radius 1 is 1.36 bits per heavy atom. The lowest BCUT2D eigenvalue weighted by atomic mass is 10.0. The Balaban J connectivity index is 2.91. The molecule has 0 spiro atoms. The van der Waals surface area contributed by atoms with Crippen LogP contribution in [0.1, 0.15) is 30.9 Å². The molecule has 0 amide bonds. The van der Waals surface area contributed by atoms with Gasteiger partial charge >= 0.3 is 0 Å². The smallest absolute Gasteiger partial charge is 0.0219 e. The summed E-state index contributed by atoms with van der Waals surface area (Å²) < 4.78 is 0. The highest BCUT2D eigenvalue weighted by atomic mass is 14.0. The van der Waals surface area contributed by atoms with Crippen molar-refractivity contribution in [3.63, 3.8) is 0 Å². The first-order valence-corrected chi connectivity index (χ1v) is 4.12. The van der Waals surface area contributed by atoms with Crippen molar-refractivity contribution < 1.29 is 0 Å². The van der Waals surface area contributed by atoms with Crippen molar-refractivity contribution >= 4 is 0 Å². The molecule has 0 bridgehead atoms. The zero-order chi connectivity index (χ0) is 8.27. The first-order chi connectivity index (χ1) is 5.24. The Morgan fingerprint density at radius 3 is 2.64 bits per heavy atom. The Morgan fingerprint density at radius 2 is 2.09 bits per heavy atom. The fourth-order valence-electron chi connectivity index (χ4n) is 1.11. The number of rotatable bonds is 2. The van der Waals surface area contributed by atoms with Crippen molar-refractivity contribution in [3.8, 4) is 0 Å². The molecule has 11 heavy (non-hydrogen) atoms. The lowest BCUT2D eigenvalue weighted by molar-refractivity contribution is 0.864. The van der Waals surface area contributed by atoms with E-state index in [1.165, 1.54) is 11.1 Å². The summed E-state index contributed by atoms with van der Waals surface area (Å²) >= 11 is 0. The minimum atomic E-state index is 0.626. The third kappa shape index (κ3) is 2.07. The second-order valence-corrected chi connectivity index (χ2v) is 3.15. The van der Waals surface area contributed by atoms with Gasteiger partial charge in [-0.1, -0.05) is 38.1 Å². The Hall–Kier alpha value is -0.780. The van der Waals surface area contributed by atoms with E-state index in [4.69, 9.17) is 0 Å². The van der Waals surface area contributed by atoms with Crippen LogP contribution in [0, 0.1) is 6.92 Å². The molecule has 0 aromatic heterocycles. The van der Waals surface area contributed by atoms with Gasteiger partial charge in [-0.2, -0.15) is 0 Å². The fraction of sp³-hybridized carbons (Fsp3) is 0.364. The van der Waals surface area contributed by atoms with E-state index in [0.29, 0.717) is 5.92 Å². The molecule has 0 saturated heterocycles. The van der Waals surface area contributed by atoms with Gasteiger partial charge in [0.25, 0.3) is 0 Å². The third-order valence-electron chi connectivity index (χ3n) is 1.91. The van der Waals surface area contributed by atoms with E-state index in [9.17, 15) is 0 Å². The molecule has 0 saturated carbocycles. The molecule has 0 unspecified atom stereocenters. The van der Waals surface area contributed by atoms with Crippen LogP contribution in [0.25, 0.3) is 0 Å². The summed E-state index contributed by atoms with van der Waals surface area (Å²) in [6.07, 6.45) is 0.889. The maximum absolute atomic E-state index is 3.86. The average molecular weight is 147 g/mol. The van der Waals surface area contributed by atoms with Crippen molar-refractivity contribution in [2.24, 2.45) is 0 Å². The zero-order valence-corrected chi connectivity index (χ0v) is 7.30. The van der Waals surface area contributed by atoms with E-state index >= 15 is 0 Å². The highest BCUT2D eigenvalue weighted by Gasteiger charge is 1.97. The predicted octanol–water partition coefficient (Wildman–Crippen LogP) is 3.19. The van der Waals surface area contributed by atoms with Crippen LogP contribution in [0.2, 0.25) is 0 Å². The van der Waals surface area contributed by atoms with Crippen molar-refractivity contribution in [2.45, 2.75) is 26.2 Å². The van der Waals surface area contributed by atoms with E-state index in [1.54, 1.807) is 0 Å². The average Bonchev–Trinajstić information content (AvgIpc) is 2.05. The first-order valence-electron chi connectivity index (χ1n) is 4.12. The van der Waals surface area contributed by atoms with Gasteiger partial charge in [0.1, 0.15) is 0 Å². The van der Waals surface area contributed by atoms with Gasteiger partial charge in [-0.25, -0.2) is 0 Å². The molecular formula is C11H15. The Bertz CT molecular complexity index is 223. The van der Waals surface area contributed by atoms with Crippen molar-refractivity contribution in [1.82, 2.24) is 0 Å². The van der Waals surface area contributed by atoms with Gasteiger partial charge in [0.15, 0.2) is 0 Å². The lowest BCUT2D eigenvalue weighted by Gasteiger charge is -2.05. The maximum Gasteiger partial charge on any atom is -0.0219 e. The number of benzene rings is 1. The van der Waals surface area contributed by atoms with Gasteiger partial charge in [0.05, 0.1) is 0 Å². The molecule has 0 aliphatic rings. The van der Waals surface area contributed by atoms with Crippen LogP contribution in [0.3, 0.4) is 0 Å². The van der Waals surface area contributed by atoms with E-state index in [0.717, 1.165) is 6.42 Å². The van der Waals surface area contributed by atoms with Gasteiger partial charge in [-0.15, -0.1) is 0 Å². The maximum atomic E-state index is 3.86. The second kappa shape index (κ2) is 3.56. The van der Waals surface area contributed by atoms with Crippen LogP contribution in [-0.2, 0) is 6.42 Å². The highest BCUT2D eigenvalue weighted by Crippen LogP contribution is 2.15. The van der Waals surface area contributed by atoms with E-state index in [-0.39, 0.29) is 0 Å². The number of hydrogen-bond donors (Lipinski definition) is 0. The molecule has 0 heterocycles. The zero-order valence-electron chi connectivity index (χ0n) is 7.30. The van der Waals surface area contributed by atoms with Gasteiger partial charge in [0.2, 0.25) is 0 Å². The molecule has 0 aliphatic heterocycles. The van der Waals surface area contributed by atoms with Gasteiger partial charge in [-0.3, -0.25) is 0 Å². The largest absolute Gasteiger partial charge is 0.0617 e.